The number of amides is 1. The van der Waals surface area contributed by atoms with Crippen molar-refractivity contribution in [3.8, 4) is 0 Å². The van der Waals surface area contributed by atoms with Crippen molar-refractivity contribution in [2.24, 2.45) is 0 Å². The highest BCUT2D eigenvalue weighted by atomic mass is 16.4. The molecule has 1 aliphatic rings. The standard InChI is InChI=1S/C10H15N3O3/c1-6-12-13-9(16-6)7-2-4-8(5-3-7)11-10(14)15/h7-8,11H,2-5H2,1H3,(H,14,15)/t7-,8-. The molecule has 16 heavy (non-hydrogen) atoms. The molecule has 1 fully saturated rings. The summed E-state index contributed by atoms with van der Waals surface area (Å²) in [6, 6.07) is 0.0674. The van der Waals surface area contributed by atoms with E-state index in [1.807, 2.05) is 0 Å². The van der Waals surface area contributed by atoms with Crippen LogP contribution < -0.4 is 5.32 Å². The zero-order chi connectivity index (χ0) is 11.5. The summed E-state index contributed by atoms with van der Waals surface area (Å²) in [5.74, 6) is 1.56. The van der Waals surface area contributed by atoms with Crippen LogP contribution in [0.25, 0.3) is 0 Å². The Kier molecular flexibility index (Phi) is 3.07. The van der Waals surface area contributed by atoms with Crippen molar-refractivity contribution in [3.63, 3.8) is 0 Å². The molecule has 1 saturated carbocycles. The number of rotatable bonds is 2. The average molecular weight is 225 g/mol. The summed E-state index contributed by atoms with van der Waals surface area (Å²) >= 11 is 0. The van der Waals surface area contributed by atoms with E-state index >= 15 is 0 Å². The minimum absolute atomic E-state index is 0.0674. The summed E-state index contributed by atoms with van der Waals surface area (Å²) in [4.78, 5) is 10.5. The molecule has 0 atom stereocenters. The van der Waals surface area contributed by atoms with Gasteiger partial charge in [0.1, 0.15) is 0 Å². The van der Waals surface area contributed by atoms with Gasteiger partial charge >= 0.3 is 6.09 Å². The molecule has 1 aromatic heterocycles. The van der Waals surface area contributed by atoms with Gasteiger partial charge in [0, 0.05) is 18.9 Å². The van der Waals surface area contributed by atoms with Crippen LogP contribution in [-0.4, -0.2) is 27.4 Å². The maximum absolute atomic E-state index is 10.5. The first-order valence-corrected chi connectivity index (χ1v) is 5.44. The lowest BCUT2D eigenvalue weighted by Crippen LogP contribution is -2.36. The quantitative estimate of drug-likeness (QED) is 0.799. The molecule has 1 amide bonds. The van der Waals surface area contributed by atoms with E-state index in [0.29, 0.717) is 11.8 Å². The van der Waals surface area contributed by atoms with Gasteiger partial charge in [-0.05, 0) is 25.7 Å². The molecule has 0 aromatic carbocycles. The smallest absolute Gasteiger partial charge is 0.404 e. The Morgan fingerprint density at radius 3 is 2.56 bits per heavy atom. The molecule has 88 valence electrons. The Labute approximate surface area is 93.1 Å². The van der Waals surface area contributed by atoms with Crippen LogP contribution in [-0.2, 0) is 0 Å². The fourth-order valence-corrected chi connectivity index (χ4v) is 2.14. The van der Waals surface area contributed by atoms with E-state index in [9.17, 15) is 4.79 Å². The molecular weight excluding hydrogens is 210 g/mol. The van der Waals surface area contributed by atoms with Crippen LogP contribution in [0.5, 0.6) is 0 Å². The Hall–Kier alpha value is -1.59. The Morgan fingerprint density at radius 2 is 2.06 bits per heavy atom. The van der Waals surface area contributed by atoms with Crippen LogP contribution in [0.4, 0.5) is 4.79 Å². The highest BCUT2D eigenvalue weighted by Gasteiger charge is 2.26. The van der Waals surface area contributed by atoms with Crippen LogP contribution in [0.2, 0.25) is 0 Å². The number of aryl methyl sites for hydroxylation is 1. The zero-order valence-electron chi connectivity index (χ0n) is 9.14. The van der Waals surface area contributed by atoms with Crippen molar-refractivity contribution >= 4 is 6.09 Å². The lowest BCUT2D eigenvalue weighted by atomic mass is 9.86. The second-order valence-electron chi connectivity index (χ2n) is 4.16. The fourth-order valence-electron chi connectivity index (χ4n) is 2.14. The van der Waals surface area contributed by atoms with E-state index in [1.165, 1.54) is 0 Å². The molecule has 2 rings (SSSR count). The predicted octanol–water partition coefficient (Wildman–Crippen LogP) is 1.67. The lowest BCUT2D eigenvalue weighted by molar-refractivity contribution is 0.184. The van der Waals surface area contributed by atoms with Crippen LogP contribution in [0.1, 0.15) is 43.4 Å². The third-order valence-corrected chi connectivity index (χ3v) is 2.95. The number of hydrogen-bond acceptors (Lipinski definition) is 4. The summed E-state index contributed by atoms with van der Waals surface area (Å²) in [6.45, 7) is 1.77. The topological polar surface area (TPSA) is 88.2 Å². The molecule has 0 spiro atoms. The maximum atomic E-state index is 10.5. The molecule has 0 unspecified atom stereocenters. The molecule has 1 heterocycles. The summed E-state index contributed by atoms with van der Waals surface area (Å²) in [5.41, 5.74) is 0. The fraction of sp³-hybridized carbons (Fsp3) is 0.700. The highest BCUT2D eigenvalue weighted by Crippen LogP contribution is 2.31. The molecule has 0 saturated heterocycles. The lowest BCUT2D eigenvalue weighted by Gasteiger charge is -2.26. The number of nitrogens with one attached hydrogen (secondary N) is 1. The molecule has 2 N–H and O–H groups in total. The van der Waals surface area contributed by atoms with Gasteiger partial charge in [0.2, 0.25) is 11.8 Å². The SMILES string of the molecule is Cc1nnc([C@H]2CC[C@H](NC(=O)O)CC2)o1. The van der Waals surface area contributed by atoms with Crippen LogP contribution in [0.15, 0.2) is 4.42 Å². The number of hydrogen-bond donors (Lipinski definition) is 2. The van der Waals surface area contributed by atoms with Crippen molar-refractivity contribution in [3.05, 3.63) is 11.8 Å². The third kappa shape index (κ3) is 2.50. The van der Waals surface area contributed by atoms with Gasteiger partial charge < -0.3 is 14.8 Å². The number of carbonyl (C=O) groups is 1. The second-order valence-corrected chi connectivity index (χ2v) is 4.16. The Morgan fingerprint density at radius 1 is 1.38 bits per heavy atom. The molecule has 1 aromatic rings. The molecule has 0 aliphatic heterocycles. The van der Waals surface area contributed by atoms with Gasteiger partial charge in [0.15, 0.2) is 0 Å². The van der Waals surface area contributed by atoms with Crippen LogP contribution in [0.3, 0.4) is 0 Å². The van der Waals surface area contributed by atoms with Crippen LogP contribution >= 0.6 is 0 Å². The van der Waals surface area contributed by atoms with E-state index in [1.54, 1.807) is 6.92 Å². The predicted molar refractivity (Wildman–Crippen MR) is 55.2 cm³/mol. The third-order valence-electron chi connectivity index (χ3n) is 2.95. The second kappa shape index (κ2) is 4.51. The summed E-state index contributed by atoms with van der Waals surface area (Å²) in [5, 5.41) is 18.9. The van der Waals surface area contributed by atoms with E-state index in [0.717, 1.165) is 25.7 Å². The van der Waals surface area contributed by atoms with Crippen molar-refractivity contribution in [2.75, 3.05) is 0 Å². The maximum Gasteiger partial charge on any atom is 0.404 e. The highest BCUT2D eigenvalue weighted by molar-refractivity contribution is 5.64. The van der Waals surface area contributed by atoms with Gasteiger partial charge in [-0.3, -0.25) is 0 Å². The van der Waals surface area contributed by atoms with E-state index < -0.39 is 6.09 Å². The molecule has 6 nitrogen and oxygen atoms in total. The van der Waals surface area contributed by atoms with Crippen molar-refractivity contribution in [2.45, 2.75) is 44.6 Å². The summed E-state index contributed by atoms with van der Waals surface area (Å²) in [7, 11) is 0. The zero-order valence-corrected chi connectivity index (χ0v) is 9.14. The minimum atomic E-state index is -0.947. The van der Waals surface area contributed by atoms with Crippen molar-refractivity contribution < 1.29 is 14.3 Å². The number of nitrogens with zero attached hydrogens (tertiary/aromatic N) is 2. The molecule has 6 heteroatoms. The first-order valence-electron chi connectivity index (χ1n) is 5.44. The monoisotopic (exact) mass is 225 g/mol. The van der Waals surface area contributed by atoms with Crippen molar-refractivity contribution in [1.82, 2.24) is 15.5 Å². The van der Waals surface area contributed by atoms with Gasteiger partial charge in [-0.2, -0.15) is 0 Å². The van der Waals surface area contributed by atoms with Gasteiger partial charge in [-0.15, -0.1) is 10.2 Å². The molecule has 0 radical (unpaired) electrons. The Bertz CT molecular complexity index is 369. The minimum Gasteiger partial charge on any atom is -0.465 e. The number of aromatic nitrogens is 2. The molecular formula is C10H15N3O3. The first-order chi connectivity index (χ1) is 7.65. The molecule has 0 bridgehead atoms. The first kappa shape index (κ1) is 10.9. The summed E-state index contributed by atoms with van der Waals surface area (Å²) < 4.78 is 5.38. The van der Waals surface area contributed by atoms with Crippen molar-refractivity contribution in [1.29, 1.82) is 0 Å². The van der Waals surface area contributed by atoms with Gasteiger partial charge in [0.05, 0.1) is 0 Å². The van der Waals surface area contributed by atoms with E-state index in [2.05, 4.69) is 15.5 Å². The number of carboxylic acid groups (broad SMARTS) is 1. The largest absolute Gasteiger partial charge is 0.465 e. The normalized spacial score (nSPS) is 25.3. The van der Waals surface area contributed by atoms with E-state index in [4.69, 9.17) is 9.52 Å². The molecule has 1 aliphatic carbocycles. The summed E-state index contributed by atoms with van der Waals surface area (Å²) in [6.07, 6.45) is 2.51. The van der Waals surface area contributed by atoms with Crippen LogP contribution in [0, 0.1) is 6.92 Å². The van der Waals surface area contributed by atoms with Gasteiger partial charge in [-0.1, -0.05) is 0 Å². The van der Waals surface area contributed by atoms with Gasteiger partial charge in [-0.25, -0.2) is 4.79 Å². The van der Waals surface area contributed by atoms with Gasteiger partial charge in [0.25, 0.3) is 0 Å². The average Bonchev–Trinajstić information content (AvgIpc) is 2.65. The van der Waals surface area contributed by atoms with E-state index in [-0.39, 0.29) is 12.0 Å². The Balaban J connectivity index is 1.87.